The molecule has 0 aliphatic carbocycles. The van der Waals surface area contributed by atoms with Crippen molar-refractivity contribution in [2.75, 3.05) is 20.8 Å². The number of benzene rings is 6. The number of halogens is 6. The summed E-state index contributed by atoms with van der Waals surface area (Å²) in [6.07, 6.45) is 0. The molecule has 0 spiro atoms. The smallest absolute Gasteiger partial charge is 0.414 e. The van der Waals surface area contributed by atoms with Gasteiger partial charge in [-0.1, -0.05) is 69.6 Å². The van der Waals surface area contributed by atoms with E-state index in [4.69, 9.17) is 94.4 Å². The monoisotopic (exact) mass is 1400 g/mol. The van der Waals surface area contributed by atoms with Crippen molar-refractivity contribution in [2.45, 2.75) is 13.8 Å². The van der Waals surface area contributed by atoms with Crippen LogP contribution < -0.4 is 10.7 Å². The molecule has 6 aromatic carbocycles. The lowest BCUT2D eigenvalue weighted by molar-refractivity contribution is -0.0757. The van der Waals surface area contributed by atoms with E-state index in [2.05, 4.69) is 41.8 Å². The van der Waals surface area contributed by atoms with E-state index in [1.807, 2.05) is 12.1 Å². The summed E-state index contributed by atoms with van der Waals surface area (Å²) in [5, 5.41) is 14.6. The topological polar surface area (TPSA) is 300 Å². The van der Waals surface area contributed by atoms with E-state index in [0.29, 0.717) is 76.5 Å². The number of esters is 1. The van der Waals surface area contributed by atoms with Crippen LogP contribution >= 0.6 is 127 Å². The van der Waals surface area contributed by atoms with Crippen LogP contribution in [0, 0.1) is 0 Å². The minimum absolute atomic E-state index is 0.0139. The third kappa shape index (κ3) is 21.8. The summed E-state index contributed by atoms with van der Waals surface area (Å²) >= 11 is 39.2. The maximum Gasteiger partial charge on any atom is 0.414 e. The largest absolute Gasteiger partial charge is 0.476 e. The number of nitrogens with two attached hydrogens (primary N) is 1. The first-order valence-corrected chi connectivity index (χ1v) is 30.6. The number of carbonyl (C=O) groups excluding carboxylic acids is 4. The van der Waals surface area contributed by atoms with Crippen molar-refractivity contribution >= 4 is 157 Å². The van der Waals surface area contributed by atoms with Gasteiger partial charge < -0.3 is 20.0 Å². The second-order valence-corrected chi connectivity index (χ2v) is 22.8. The van der Waals surface area contributed by atoms with Crippen LogP contribution in [0.5, 0.6) is 0 Å². The molecule has 0 aliphatic rings. The molecule has 452 valence electrons. The van der Waals surface area contributed by atoms with Crippen LogP contribution in [0.3, 0.4) is 0 Å². The zero-order chi connectivity index (χ0) is 63.9. The normalized spacial score (nSPS) is 10.2. The maximum atomic E-state index is 11.8. The Morgan fingerprint density at radius 1 is 0.500 bits per heavy atom. The summed E-state index contributed by atoms with van der Waals surface area (Å²) < 4.78 is 29.8. The second-order valence-electron chi connectivity index (χ2n) is 16.5. The number of ether oxygens (including phenoxy) is 1. The fourth-order valence-corrected chi connectivity index (χ4v) is 9.59. The number of aromatic carboxylic acids is 1. The van der Waals surface area contributed by atoms with E-state index in [-0.39, 0.29) is 26.7 Å². The predicted octanol–water partition coefficient (Wildman–Crippen LogP) is 15.0. The molecule has 0 atom stereocenters. The minimum atomic E-state index is -1.06. The Morgan fingerprint density at radius 3 is 1.15 bits per heavy atom. The number of carboxylic acids is 1. The number of nitrogens with zero attached hydrogens (tertiary/aromatic N) is 10. The SMILES string of the molecule is CC(=O)c1nc(-c2ccc(Cl)cc2)ns1.CCOC(=O)c1nc(-c2ccc(Cl)cc2)ns1.CON(C)C(=O)c1nc(-c2ccc(Cl)cc2)ns1.NC(=O)c1ccc(Cl)cc1.O=C(O)c1nc(-c2ccc(Cl)cc2)ns1.O=c1oc(-c2ccc(Cl)cc2)ns1. The first kappa shape index (κ1) is 69.3. The minimum Gasteiger partial charge on any atom is -0.476 e. The number of amides is 2. The van der Waals surface area contributed by atoms with Gasteiger partial charge in [0.1, 0.15) is 0 Å². The van der Waals surface area contributed by atoms with Gasteiger partial charge in [0.25, 0.3) is 0 Å². The molecule has 88 heavy (non-hydrogen) atoms. The van der Waals surface area contributed by atoms with Gasteiger partial charge >= 0.3 is 22.8 Å². The van der Waals surface area contributed by atoms with Crippen LogP contribution in [0.15, 0.2) is 155 Å². The third-order valence-corrected chi connectivity index (χ3v) is 15.3. The van der Waals surface area contributed by atoms with Crippen LogP contribution in [0.25, 0.3) is 57.0 Å². The molecule has 3 N–H and O–H groups in total. The average molecular weight is 1400 g/mol. The summed E-state index contributed by atoms with van der Waals surface area (Å²) in [7, 11) is 2.94. The highest BCUT2D eigenvalue weighted by molar-refractivity contribution is 7.08. The van der Waals surface area contributed by atoms with Crippen LogP contribution in [0.4, 0.5) is 0 Å². The molecule has 11 rings (SSSR count). The summed E-state index contributed by atoms with van der Waals surface area (Å²) in [6, 6.07) is 41.7. The van der Waals surface area contributed by atoms with E-state index in [1.54, 1.807) is 140 Å². The highest BCUT2D eigenvalue weighted by Crippen LogP contribution is 2.25. The molecule has 0 saturated carbocycles. The lowest BCUT2D eigenvalue weighted by atomic mass is 10.2. The number of hydroxylamine groups is 2. The predicted molar refractivity (Wildman–Crippen MR) is 345 cm³/mol. The molecule has 11 aromatic rings. The molecule has 0 fully saturated rings. The van der Waals surface area contributed by atoms with Gasteiger partial charge in [-0.2, -0.15) is 17.5 Å². The lowest BCUT2D eigenvalue weighted by Gasteiger charge is -2.10. The van der Waals surface area contributed by atoms with Gasteiger partial charge in [0.2, 0.25) is 26.8 Å². The number of carboxylic acid groups (broad SMARTS) is 1. The summed E-state index contributed by atoms with van der Waals surface area (Å²) in [4.78, 5) is 86.7. The van der Waals surface area contributed by atoms with Crippen molar-refractivity contribution in [3.05, 3.63) is 211 Å². The van der Waals surface area contributed by atoms with Crippen LogP contribution in [0.1, 0.15) is 63.4 Å². The molecule has 32 heteroatoms. The Labute approximate surface area is 550 Å². The molecule has 21 nitrogen and oxygen atoms in total. The van der Waals surface area contributed by atoms with E-state index >= 15 is 0 Å². The van der Waals surface area contributed by atoms with E-state index in [9.17, 15) is 28.8 Å². The van der Waals surface area contributed by atoms with Crippen molar-refractivity contribution in [1.82, 2.24) is 46.9 Å². The number of hydrogen-bond donors (Lipinski definition) is 2. The molecule has 5 heterocycles. The van der Waals surface area contributed by atoms with Crippen molar-refractivity contribution in [3.8, 4) is 57.0 Å². The first-order chi connectivity index (χ1) is 42.1. The fraction of sp³-hybridized carbons (Fsp3) is 0.0893. The summed E-state index contributed by atoms with van der Waals surface area (Å²) in [5.74, 6) is 0.0133. The zero-order valence-corrected chi connectivity index (χ0v) is 54.2. The Balaban J connectivity index is 0.000000170. The first-order valence-electron chi connectivity index (χ1n) is 24.5. The van der Waals surface area contributed by atoms with Gasteiger partial charge in [0.15, 0.2) is 34.1 Å². The Hall–Kier alpha value is -7.83. The molecule has 0 aliphatic heterocycles. The van der Waals surface area contributed by atoms with Crippen LogP contribution in [-0.4, -0.2) is 102 Å². The summed E-state index contributed by atoms with van der Waals surface area (Å²) in [6.45, 7) is 3.56. The number of hydrogen-bond acceptors (Lipinski definition) is 23. The van der Waals surface area contributed by atoms with Gasteiger partial charge in [0.05, 0.1) is 25.2 Å². The molecular formula is C56H41Cl6N11O10S5. The lowest BCUT2D eigenvalue weighted by Crippen LogP contribution is -2.25. The quantitative estimate of drug-likeness (QED) is 0.0652. The Bertz CT molecular complexity index is 4040. The van der Waals surface area contributed by atoms with Crippen molar-refractivity contribution in [2.24, 2.45) is 5.73 Å². The van der Waals surface area contributed by atoms with E-state index in [0.717, 1.165) is 90.5 Å². The standard InChI is InChI=1S/C11H10ClN3O2S.C11H9ClN2O2S.C10H7ClN2OS.C9H5ClN2O2S.C8H4ClNO2S.C7H6ClNO/c1-15(17-2)11(16)10-13-9(14-18-10)7-3-5-8(12)6-4-7;1-2-16-11(15)10-13-9(14-17-10)7-3-5-8(12)6-4-7;1-6(14)10-12-9(13-15-10)7-2-4-8(11)5-3-7;10-6-3-1-5(2-4-6)7-11-8(9(13)14)15-12-7;9-6-3-1-5(2-4-6)7-10-13-8(11)12-7;8-6-3-1-5(2-4-6)7(9)10/h3-6H,1-2H3;3-6H,2H2,1H3;2-5H,1H3;1-4H,(H,13,14);1-4H;1-4H,(H2,9,10). The van der Waals surface area contributed by atoms with Crippen molar-refractivity contribution < 1.29 is 43.1 Å². The molecule has 0 saturated heterocycles. The van der Waals surface area contributed by atoms with E-state index < -0.39 is 22.8 Å². The number of ketones is 1. The van der Waals surface area contributed by atoms with E-state index in [1.165, 1.54) is 21.1 Å². The number of Topliss-reactive ketones (excluding diaryl/α,β-unsaturated/α-hetero) is 1. The van der Waals surface area contributed by atoms with Gasteiger partial charge in [0, 0.05) is 77.5 Å². The fourth-order valence-electron chi connectivity index (χ4n) is 6.08. The number of rotatable bonds is 12. The Kier molecular flexibility index (Phi) is 27.3. The van der Waals surface area contributed by atoms with Crippen molar-refractivity contribution in [3.63, 3.8) is 0 Å². The Morgan fingerprint density at radius 2 is 0.830 bits per heavy atom. The van der Waals surface area contributed by atoms with Gasteiger partial charge in [-0.25, -0.2) is 39.4 Å². The third-order valence-electron chi connectivity index (χ3n) is 10.4. The van der Waals surface area contributed by atoms with Gasteiger partial charge in [-0.15, -0.1) is 4.37 Å². The summed E-state index contributed by atoms with van der Waals surface area (Å²) in [5.41, 5.74) is 9.46. The van der Waals surface area contributed by atoms with Gasteiger partial charge in [-0.3, -0.25) is 19.2 Å². The second kappa shape index (κ2) is 34.6. The highest BCUT2D eigenvalue weighted by atomic mass is 35.5. The number of aromatic nitrogens is 9. The zero-order valence-electron chi connectivity index (χ0n) is 45.5. The number of primary amides is 1. The molecule has 2 amide bonds. The average Bonchev–Trinajstić information content (AvgIpc) is 4.62. The van der Waals surface area contributed by atoms with Crippen LogP contribution in [-0.2, 0) is 9.57 Å². The van der Waals surface area contributed by atoms with Gasteiger partial charge in [-0.05, 0) is 199 Å². The highest BCUT2D eigenvalue weighted by Gasteiger charge is 2.19. The maximum absolute atomic E-state index is 11.8. The molecular weight excluding hydrogens is 1360 g/mol. The van der Waals surface area contributed by atoms with Crippen molar-refractivity contribution in [1.29, 1.82) is 0 Å². The van der Waals surface area contributed by atoms with Crippen LogP contribution in [0.2, 0.25) is 30.1 Å². The number of carbonyl (C=O) groups is 5. The molecule has 5 aromatic heterocycles. The molecule has 0 radical (unpaired) electrons. The molecule has 0 unspecified atom stereocenters. The molecule has 0 bridgehead atoms.